The van der Waals surface area contributed by atoms with Crippen molar-refractivity contribution in [1.29, 1.82) is 0 Å². The van der Waals surface area contributed by atoms with E-state index in [4.69, 9.17) is 14.6 Å². The van der Waals surface area contributed by atoms with Crippen LogP contribution < -0.4 is 14.4 Å². The van der Waals surface area contributed by atoms with E-state index in [0.717, 1.165) is 47.2 Å². The first kappa shape index (κ1) is 22.5. The zero-order chi connectivity index (χ0) is 24.2. The molecule has 4 aromatic rings. The molecule has 3 aromatic carbocycles. The molecule has 1 fully saturated rings. The molecular weight excluding hydrogens is 440 g/mol. The maximum Gasteiger partial charge on any atom is 0.272 e. The van der Waals surface area contributed by atoms with Crippen molar-refractivity contribution in [3.8, 4) is 28.4 Å². The third kappa shape index (κ3) is 4.71. The predicted octanol–water partition coefficient (Wildman–Crippen LogP) is 4.52. The molecule has 0 bridgehead atoms. The summed E-state index contributed by atoms with van der Waals surface area (Å²) >= 11 is 0. The number of anilines is 1. The van der Waals surface area contributed by atoms with E-state index in [-0.39, 0.29) is 5.91 Å². The molecule has 1 amide bonds. The third-order valence-electron chi connectivity index (χ3n) is 6.32. The van der Waals surface area contributed by atoms with Crippen LogP contribution in [-0.4, -0.2) is 61.0 Å². The number of aromatic nitrogens is 2. The highest BCUT2D eigenvalue weighted by atomic mass is 16.5. The van der Waals surface area contributed by atoms with Gasteiger partial charge in [-0.1, -0.05) is 18.2 Å². The number of amides is 1. The van der Waals surface area contributed by atoms with E-state index >= 15 is 0 Å². The van der Waals surface area contributed by atoms with Gasteiger partial charge in [0.25, 0.3) is 5.91 Å². The van der Waals surface area contributed by atoms with Crippen molar-refractivity contribution in [3.05, 3.63) is 90.6 Å². The van der Waals surface area contributed by atoms with Crippen molar-refractivity contribution in [2.45, 2.75) is 0 Å². The minimum atomic E-state index is -0.0181. The first-order valence-corrected chi connectivity index (χ1v) is 11.6. The van der Waals surface area contributed by atoms with Crippen LogP contribution in [0, 0.1) is 0 Å². The Balaban J connectivity index is 1.39. The summed E-state index contributed by atoms with van der Waals surface area (Å²) < 4.78 is 12.3. The molecule has 7 nitrogen and oxygen atoms in total. The molecule has 0 unspecified atom stereocenters. The van der Waals surface area contributed by atoms with E-state index in [1.165, 1.54) is 0 Å². The van der Waals surface area contributed by atoms with Crippen LogP contribution >= 0.6 is 0 Å². The average molecular weight is 469 g/mol. The summed E-state index contributed by atoms with van der Waals surface area (Å²) in [7, 11) is 3.31. The molecular formula is C28H28N4O3. The van der Waals surface area contributed by atoms with Crippen LogP contribution in [0.2, 0.25) is 0 Å². The largest absolute Gasteiger partial charge is 0.497 e. The summed E-state index contributed by atoms with van der Waals surface area (Å²) in [6, 6.07) is 27.4. The number of hydrogen-bond donors (Lipinski definition) is 0. The summed E-state index contributed by atoms with van der Waals surface area (Å²) in [5.74, 6) is 1.60. The lowest BCUT2D eigenvalue weighted by Gasteiger charge is -2.36. The highest BCUT2D eigenvalue weighted by molar-refractivity contribution is 5.94. The van der Waals surface area contributed by atoms with Crippen LogP contribution in [0.5, 0.6) is 11.5 Å². The topological polar surface area (TPSA) is 59.8 Å². The number of carbonyl (C=O) groups is 1. The second-order valence-corrected chi connectivity index (χ2v) is 8.37. The van der Waals surface area contributed by atoms with Crippen molar-refractivity contribution >= 4 is 11.6 Å². The van der Waals surface area contributed by atoms with Gasteiger partial charge in [-0.25, -0.2) is 4.68 Å². The number of ether oxygens (including phenoxy) is 2. The van der Waals surface area contributed by atoms with Crippen molar-refractivity contribution < 1.29 is 14.3 Å². The van der Waals surface area contributed by atoms with Gasteiger partial charge in [0, 0.05) is 37.4 Å². The van der Waals surface area contributed by atoms with Gasteiger partial charge in [-0.15, -0.1) is 0 Å². The van der Waals surface area contributed by atoms with Crippen LogP contribution in [0.4, 0.5) is 5.69 Å². The van der Waals surface area contributed by atoms with Crippen LogP contribution in [0.15, 0.2) is 84.9 Å². The lowest BCUT2D eigenvalue weighted by atomic mass is 10.1. The predicted molar refractivity (Wildman–Crippen MR) is 137 cm³/mol. The summed E-state index contributed by atoms with van der Waals surface area (Å²) in [6.07, 6.45) is 0. The molecule has 7 heteroatoms. The molecule has 35 heavy (non-hydrogen) atoms. The van der Waals surface area contributed by atoms with E-state index in [9.17, 15) is 4.79 Å². The van der Waals surface area contributed by atoms with Crippen molar-refractivity contribution in [2.75, 3.05) is 45.3 Å². The quantitative estimate of drug-likeness (QED) is 0.417. The second-order valence-electron chi connectivity index (χ2n) is 8.37. The Bertz CT molecular complexity index is 1280. The first-order valence-electron chi connectivity index (χ1n) is 11.6. The fourth-order valence-electron chi connectivity index (χ4n) is 4.33. The highest BCUT2D eigenvalue weighted by Gasteiger charge is 2.26. The summed E-state index contributed by atoms with van der Waals surface area (Å²) in [4.78, 5) is 17.9. The Morgan fingerprint density at radius 1 is 0.743 bits per heavy atom. The number of hydrogen-bond acceptors (Lipinski definition) is 5. The number of para-hydroxylation sites is 1. The fraction of sp³-hybridized carbons (Fsp3) is 0.214. The van der Waals surface area contributed by atoms with Gasteiger partial charge in [-0.2, -0.15) is 5.10 Å². The molecule has 0 saturated carbocycles. The zero-order valence-corrected chi connectivity index (χ0v) is 19.9. The average Bonchev–Trinajstić information content (AvgIpc) is 3.39. The smallest absolute Gasteiger partial charge is 0.272 e. The molecule has 1 saturated heterocycles. The Morgan fingerprint density at radius 2 is 1.34 bits per heavy atom. The van der Waals surface area contributed by atoms with Crippen LogP contribution in [0.3, 0.4) is 0 Å². The molecule has 0 N–H and O–H groups in total. The van der Waals surface area contributed by atoms with Crippen molar-refractivity contribution in [2.24, 2.45) is 0 Å². The Kier molecular flexibility index (Phi) is 6.39. The monoisotopic (exact) mass is 468 g/mol. The van der Waals surface area contributed by atoms with Gasteiger partial charge in [-0.05, 0) is 66.7 Å². The van der Waals surface area contributed by atoms with Crippen molar-refractivity contribution in [3.63, 3.8) is 0 Å². The molecule has 5 rings (SSSR count). The molecule has 0 atom stereocenters. The maximum atomic E-state index is 13.7. The van der Waals surface area contributed by atoms with Gasteiger partial charge in [0.1, 0.15) is 17.2 Å². The summed E-state index contributed by atoms with van der Waals surface area (Å²) in [5, 5.41) is 4.81. The molecule has 0 aliphatic carbocycles. The Hall–Kier alpha value is -4.26. The molecule has 0 spiro atoms. The number of piperazine rings is 1. The molecule has 0 radical (unpaired) electrons. The number of benzene rings is 3. The van der Waals surface area contributed by atoms with Gasteiger partial charge in [0.15, 0.2) is 0 Å². The van der Waals surface area contributed by atoms with Gasteiger partial charge in [0.2, 0.25) is 0 Å². The number of rotatable bonds is 6. The molecule has 178 valence electrons. The molecule has 1 aromatic heterocycles. The van der Waals surface area contributed by atoms with E-state index in [0.29, 0.717) is 18.8 Å². The van der Waals surface area contributed by atoms with Gasteiger partial charge >= 0.3 is 0 Å². The van der Waals surface area contributed by atoms with E-state index < -0.39 is 0 Å². The van der Waals surface area contributed by atoms with Crippen LogP contribution in [-0.2, 0) is 0 Å². The Morgan fingerprint density at radius 3 is 1.94 bits per heavy atom. The SMILES string of the molecule is COc1ccc(-c2cc(C(=O)N3CCN(c4ccc(OC)cc4)CC3)n(-c3ccccc3)n2)cc1. The fourth-order valence-corrected chi connectivity index (χ4v) is 4.33. The number of methoxy groups -OCH3 is 2. The van der Waals surface area contributed by atoms with Crippen molar-refractivity contribution in [1.82, 2.24) is 14.7 Å². The standard InChI is InChI=1S/C28H28N4O3/c1-34-24-12-8-21(9-13-24)26-20-27(32(29-26)23-6-4-3-5-7-23)28(33)31-18-16-30(17-19-31)22-10-14-25(35-2)15-11-22/h3-15,20H,16-19H2,1-2H3. The highest BCUT2D eigenvalue weighted by Crippen LogP contribution is 2.26. The molecule has 1 aliphatic heterocycles. The van der Waals surface area contributed by atoms with Crippen LogP contribution in [0.1, 0.15) is 10.5 Å². The Labute approximate surface area is 205 Å². The summed E-state index contributed by atoms with van der Waals surface area (Å²) in [6.45, 7) is 2.82. The minimum Gasteiger partial charge on any atom is -0.497 e. The lowest BCUT2D eigenvalue weighted by Crippen LogP contribution is -2.49. The lowest BCUT2D eigenvalue weighted by molar-refractivity contribution is 0.0737. The number of nitrogens with zero attached hydrogens (tertiary/aromatic N) is 4. The van der Waals surface area contributed by atoms with Gasteiger partial charge in [-0.3, -0.25) is 4.79 Å². The minimum absolute atomic E-state index is 0.0181. The zero-order valence-electron chi connectivity index (χ0n) is 19.9. The normalized spacial score (nSPS) is 13.5. The second kappa shape index (κ2) is 9.93. The summed E-state index contributed by atoms with van der Waals surface area (Å²) in [5.41, 5.74) is 4.22. The maximum absolute atomic E-state index is 13.7. The van der Waals surface area contributed by atoms with Gasteiger partial charge in [0.05, 0.1) is 25.6 Å². The third-order valence-corrected chi connectivity index (χ3v) is 6.32. The molecule has 1 aliphatic rings. The number of carbonyl (C=O) groups excluding carboxylic acids is 1. The van der Waals surface area contributed by atoms with E-state index in [1.54, 1.807) is 18.9 Å². The first-order chi connectivity index (χ1) is 17.2. The van der Waals surface area contributed by atoms with Gasteiger partial charge < -0.3 is 19.3 Å². The van der Waals surface area contributed by atoms with Crippen LogP contribution in [0.25, 0.3) is 16.9 Å². The van der Waals surface area contributed by atoms with E-state index in [2.05, 4.69) is 17.0 Å². The van der Waals surface area contributed by atoms with E-state index in [1.807, 2.05) is 77.7 Å². The molecule has 2 heterocycles.